The Kier molecular flexibility index (Phi) is 9.02. The molecule has 0 bridgehead atoms. The smallest absolute Gasteiger partial charge is 0.391 e. The molecule has 2 atom stereocenters. The summed E-state index contributed by atoms with van der Waals surface area (Å²) in [6.07, 6.45) is -3.05. The van der Waals surface area contributed by atoms with Crippen molar-refractivity contribution >= 4 is 44.8 Å². The second-order valence-corrected chi connectivity index (χ2v) is 13.7. The second-order valence-electron chi connectivity index (χ2n) is 11.0. The first-order valence-corrected chi connectivity index (χ1v) is 16.3. The molecule has 2 aliphatic rings. The normalized spacial score (nSPS) is 19.8. The van der Waals surface area contributed by atoms with Gasteiger partial charge in [0.25, 0.3) is 5.91 Å². The summed E-state index contributed by atoms with van der Waals surface area (Å²) in [5.41, 5.74) is 0.0427. The highest BCUT2D eigenvalue weighted by Gasteiger charge is 2.42. The summed E-state index contributed by atoms with van der Waals surface area (Å²) in [5, 5.41) is 13.8. The van der Waals surface area contributed by atoms with Crippen LogP contribution in [0.25, 0.3) is 0 Å². The number of amides is 1. The number of carbonyl (C=O) groups excluding carboxylic acids is 1. The fraction of sp³-hybridized carbons (Fsp3) is 0.367. The SMILES string of the molecule is CS(=O)(=O)N(c1cc(C(=O)NC2CCCC2O)cc(C(F)(F)F)c1)C1CN(C(c2ccc(Cl)cc2)c2ccc(Cl)cc2)C1. The summed E-state index contributed by atoms with van der Waals surface area (Å²) < 4.78 is 69.0. The maximum Gasteiger partial charge on any atom is 0.416 e. The van der Waals surface area contributed by atoms with Crippen molar-refractivity contribution in [1.82, 2.24) is 10.2 Å². The van der Waals surface area contributed by atoms with Gasteiger partial charge in [-0.3, -0.25) is 14.0 Å². The van der Waals surface area contributed by atoms with Crippen molar-refractivity contribution in [2.75, 3.05) is 23.7 Å². The highest BCUT2D eigenvalue weighted by Crippen LogP contribution is 2.39. The summed E-state index contributed by atoms with van der Waals surface area (Å²) in [6.45, 7) is 0.407. The lowest BCUT2D eigenvalue weighted by atomic mass is 9.93. The zero-order chi connectivity index (χ0) is 31.1. The van der Waals surface area contributed by atoms with Gasteiger partial charge >= 0.3 is 6.18 Å². The Morgan fingerprint density at radius 3 is 2.00 bits per heavy atom. The van der Waals surface area contributed by atoms with Gasteiger partial charge in [-0.1, -0.05) is 47.5 Å². The third-order valence-corrected chi connectivity index (χ3v) is 9.60. The predicted octanol–water partition coefficient (Wildman–Crippen LogP) is 5.90. The van der Waals surface area contributed by atoms with Crippen molar-refractivity contribution < 1.29 is 31.5 Å². The number of halogens is 5. The molecule has 0 aromatic heterocycles. The van der Waals surface area contributed by atoms with Gasteiger partial charge in [-0.05, 0) is 72.9 Å². The number of aliphatic hydroxyl groups is 1. The van der Waals surface area contributed by atoms with Crippen molar-refractivity contribution in [3.63, 3.8) is 0 Å². The number of sulfonamides is 1. The molecule has 1 saturated heterocycles. The van der Waals surface area contributed by atoms with E-state index >= 15 is 0 Å². The van der Waals surface area contributed by atoms with E-state index in [1.165, 1.54) is 0 Å². The van der Waals surface area contributed by atoms with Crippen molar-refractivity contribution in [2.45, 2.75) is 49.7 Å². The zero-order valence-electron chi connectivity index (χ0n) is 23.1. The van der Waals surface area contributed by atoms with Crippen molar-refractivity contribution in [3.05, 3.63) is 99.0 Å². The summed E-state index contributed by atoms with van der Waals surface area (Å²) in [7, 11) is -4.07. The maximum absolute atomic E-state index is 14.0. The van der Waals surface area contributed by atoms with Gasteiger partial charge in [0, 0.05) is 28.7 Å². The molecule has 5 rings (SSSR count). The topological polar surface area (TPSA) is 90.0 Å². The minimum atomic E-state index is -4.83. The molecule has 43 heavy (non-hydrogen) atoms. The Labute approximate surface area is 258 Å². The highest BCUT2D eigenvalue weighted by molar-refractivity contribution is 7.92. The molecule has 1 heterocycles. The number of rotatable bonds is 8. The lowest BCUT2D eigenvalue weighted by Gasteiger charge is -2.49. The molecule has 1 aliphatic heterocycles. The van der Waals surface area contributed by atoms with Crippen LogP contribution in [0.5, 0.6) is 0 Å². The average Bonchev–Trinajstić information content (AvgIpc) is 3.31. The van der Waals surface area contributed by atoms with E-state index in [9.17, 15) is 31.5 Å². The number of likely N-dealkylation sites (tertiary alicyclic amines) is 1. The minimum absolute atomic E-state index is 0.203. The van der Waals surface area contributed by atoms with Crippen molar-refractivity contribution in [1.29, 1.82) is 0 Å². The standard InChI is InChI=1S/C30H30Cl2F3N3O4S/c1-43(41,42)38(24-14-20(13-21(15-24)30(33,34)35)29(40)36-26-3-2-4-27(26)39)25-16-37(17-25)28(18-5-9-22(31)10-6-18)19-7-11-23(32)12-8-19/h5-15,25-28,39H,2-4,16-17H2,1H3,(H,36,40). The number of hydrogen-bond donors (Lipinski definition) is 2. The van der Waals surface area contributed by atoms with Crippen molar-refractivity contribution in [2.24, 2.45) is 0 Å². The molecule has 13 heteroatoms. The molecule has 7 nitrogen and oxygen atoms in total. The van der Waals surface area contributed by atoms with Crippen LogP contribution in [0, 0.1) is 0 Å². The summed E-state index contributed by atoms with van der Waals surface area (Å²) in [4.78, 5) is 15.0. The van der Waals surface area contributed by atoms with E-state index in [4.69, 9.17) is 23.2 Å². The highest BCUT2D eigenvalue weighted by atomic mass is 35.5. The van der Waals surface area contributed by atoms with E-state index in [0.717, 1.165) is 33.8 Å². The summed E-state index contributed by atoms with van der Waals surface area (Å²) in [5.74, 6) is -0.812. The van der Waals surface area contributed by atoms with Crippen molar-refractivity contribution in [3.8, 4) is 0 Å². The van der Waals surface area contributed by atoms with Crippen LogP contribution in [-0.4, -0.2) is 61.9 Å². The van der Waals surface area contributed by atoms with Gasteiger partial charge in [-0.15, -0.1) is 0 Å². The first-order chi connectivity index (χ1) is 20.2. The largest absolute Gasteiger partial charge is 0.416 e. The van der Waals surface area contributed by atoms with E-state index in [0.29, 0.717) is 35.4 Å². The number of alkyl halides is 3. The molecule has 0 radical (unpaired) electrons. The van der Waals surface area contributed by atoms with Gasteiger partial charge in [0.2, 0.25) is 10.0 Å². The monoisotopic (exact) mass is 655 g/mol. The van der Waals surface area contributed by atoms with Gasteiger partial charge in [-0.25, -0.2) is 8.42 Å². The van der Waals surface area contributed by atoms with Gasteiger partial charge in [0.1, 0.15) is 0 Å². The summed E-state index contributed by atoms with van der Waals surface area (Å²) >= 11 is 12.2. The molecule has 230 valence electrons. The van der Waals surface area contributed by atoms with E-state index in [-0.39, 0.29) is 30.4 Å². The quantitative estimate of drug-likeness (QED) is 0.316. The van der Waals surface area contributed by atoms with E-state index in [1.54, 1.807) is 24.3 Å². The second kappa shape index (κ2) is 12.3. The Morgan fingerprint density at radius 2 is 1.53 bits per heavy atom. The Balaban J connectivity index is 1.47. The van der Waals surface area contributed by atoms with E-state index in [1.807, 2.05) is 29.2 Å². The van der Waals surface area contributed by atoms with Gasteiger partial charge < -0.3 is 10.4 Å². The molecule has 0 spiro atoms. The maximum atomic E-state index is 14.0. The third-order valence-electron chi connectivity index (χ3n) is 7.87. The lowest BCUT2D eigenvalue weighted by Crippen LogP contribution is -2.61. The molecule has 3 aromatic carbocycles. The first-order valence-electron chi connectivity index (χ1n) is 13.7. The van der Waals surface area contributed by atoms with Crippen LogP contribution in [0.2, 0.25) is 10.0 Å². The first kappa shape index (κ1) is 31.6. The van der Waals surface area contributed by atoms with Crippen LogP contribution in [0.4, 0.5) is 18.9 Å². The van der Waals surface area contributed by atoms with Gasteiger partial charge in [0.15, 0.2) is 0 Å². The van der Waals surface area contributed by atoms with Crippen LogP contribution in [0.1, 0.15) is 52.4 Å². The molecular weight excluding hydrogens is 626 g/mol. The van der Waals surface area contributed by atoms with Crippen LogP contribution in [-0.2, 0) is 16.2 Å². The number of nitrogens with one attached hydrogen (secondary N) is 1. The number of anilines is 1. The Morgan fingerprint density at radius 1 is 0.977 bits per heavy atom. The number of aliphatic hydroxyl groups excluding tert-OH is 1. The Hall–Kier alpha value is -2.83. The van der Waals surface area contributed by atoms with Crippen LogP contribution in [0.15, 0.2) is 66.7 Å². The zero-order valence-corrected chi connectivity index (χ0v) is 25.4. The number of hydrogen-bond acceptors (Lipinski definition) is 5. The number of nitrogens with zero attached hydrogens (tertiary/aromatic N) is 2. The fourth-order valence-corrected chi connectivity index (χ4v) is 7.23. The van der Waals surface area contributed by atoms with Gasteiger partial charge in [0.05, 0.1) is 41.7 Å². The van der Waals surface area contributed by atoms with Crippen LogP contribution >= 0.6 is 23.2 Å². The van der Waals surface area contributed by atoms with Crippen LogP contribution in [0.3, 0.4) is 0 Å². The summed E-state index contributed by atoms with van der Waals surface area (Å²) in [6, 6.07) is 15.5. The van der Waals surface area contributed by atoms with E-state index in [2.05, 4.69) is 5.32 Å². The molecular formula is C30H30Cl2F3N3O4S. The predicted molar refractivity (Wildman–Crippen MR) is 160 cm³/mol. The number of benzene rings is 3. The van der Waals surface area contributed by atoms with Gasteiger partial charge in [-0.2, -0.15) is 13.2 Å². The molecule has 2 N–H and O–H groups in total. The fourth-order valence-electron chi connectivity index (χ4n) is 5.82. The minimum Gasteiger partial charge on any atom is -0.391 e. The van der Waals surface area contributed by atoms with Crippen LogP contribution < -0.4 is 9.62 Å². The Bertz CT molecular complexity index is 1540. The molecule has 1 saturated carbocycles. The molecule has 2 unspecified atom stereocenters. The lowest BCUT2D eigenvalue weighted by molar-refractivity contribution is -0.137. The molecule has 1 aliphatic carbocycles. The molecule has 1 amide bonds. The van der Waals surface area contributed by atoms with E-state index < -0.39 is 45.9 Å². The molecule has 3 aromatic rings. The number of carbonyl (C=O) groups is 1. The molecule has 2 fully saturated rings. The third kappa shape index (κ3) is 7.12. The average molecular weight is 657 g/mol.